The van der Waals surface area contributed by atoms with E-state index in [0.717, 1.165) is 49.2 Å². The van der Waals surface area contributed by atoms with Crippen molar-refractivity contribution in [3.05, 3.63) is 27.7 Å². The summed E-state index contributed by atoms with van der Waals surface area (Å²) >= 11 is 3.57. The fraction of sp³-hybridized carbons (Fsp3) is 0.600. The van der Waals surface area contributed by atoms with Crippen LogP contribution in [-0.2, 0) is 17.7 Å². The first kappa shape index (κ1) is 15.8. The van der Waals surface area contributed by atoms with Crippen LogP contribution in [0.5, 0.6) is 5.75 Å². The number of halogens is 1. The number of nitrogens with one attached hydrogen (secondary N) is 1. The molecule has 5 heteroatoms. The van der Waals surface area contributed by atoms with Gasteiger partial charge in [-0.05, 0) is 37.1 Å². The molecule has 0 saturated heterocycles. The maximum Gasteiger partial charge on any atom is 0.127 e. The smallest absolute Gasteiger partial charge is 0.127 e. The average Bonchev–Trinajstić information content (AvgIpc) is 2.89. The molecule has 1 aliphatic rings. The fourth-order valence-electron chi connectivity index (χ4n) is 2.54. The van der Waals surface area contributed by atoms with Crippen molar-refractivity contribution in [1.82, 2.24) is 5.32 Å². The molecular formula is C15H23BrN2O2. The number of methoxy groups -OCH3 is 1. The molecule has 1 aliphatic heterocycles. The Kier molecular flexibility index (Phi) is 6.29. The molecule has 0 bridgehead atoms. The molecule has 0 saturated carbocycles. The van der Waals surface area contributed by atoms with Gasteiger partial charge in [0.15, 0.2) is 0 Å². The lowest BCUT2D eigenvalue weighted by Gasteiger charge is -2.18. The van der Waals surface area contributed by atoms with E-state index in [9.17, 15) is 0 Å². The standard InChI is InChI=1S/C15H23BrN2O2/c1-19-10-14(3-2-5-17)18-9-12-8-13(16)7-11-4-6-20-15(11)12/h7-8,14,18H,2-6,9-10,17H2,1H3. The van der Waals surface area contributed by atoms with Crippen LogP contribution >= 0.6 is 15.9 Å². The van der Waals surface area contributed by atoms with Gasteiger partial charge in [-0.25, -0.2) is 0 Å². The Morgan fingerprint density at radius 2 is 2.35 bits per heavy atom. The second kappa shape index (κ2) is 7.98. The van der Waals surface area contributed by atoms with Crippen LogP contribution in [0.15, 0.2) is 16.6 Å². The fourth-order valence-corrected chi connectivity index (χ4v) is 3.09. The molecule has 0 aromatic heterocycles. The minimum atomic E-state index is 0.333. The van der Waals surface area contributed by atoms with Gasteiger partial charge in [0.2, 0.25) is 0 Å². The van der Waals surface area contributed by atoms with Crippen molar-refractivity contribution in [1.29, 1.82) is 0 Å². The topological polar surface area (TPSA) is 56.5 Å². The molecule has 3 N–H and O–H groups in total. The molecule has 2 rings (SSSR count). The summed E-state index contributed by atoms with van der Waals surface area (Å²) in [4.78, 5) is 0. The molecule has 1 heterocycles. The molecule has 20 heavy (non-hydrogen) atoms. The molecule has 0 aliphatic carbocycles. The molecular weight excluding hydrogens is 320 g/mol. The Labute approximate surface area is 129 Å². The molecule has 0 fully saturated rings. The van der Waals surface area contributed by atoms with E-state index in [1.54, 1.807) is 7.11 Å². The number of nitrogens with two attached hydrogens (primary N) is 1. The average molecular weight is 343 g/mol. The van der Waals surface area contributed by atoms with Crippen molar-refractivity contribution in [2.75, 3.05) is 26.9 Å². The molecule has 1 aromatic carbocycles. The van der Waals surface area contributed by atoms with Gasteiger partial charge in [0.25, 0.3) is 0 Å². The zero-order chi connectivity index (χ0) is 14.4. The van der Waals surface area contributed by atoms with Crippen LogP contribution in [0.25, 0.3) is 0 Å². The van der Waals surface area contributed by atoms with E-state index in [1.807, 2.05) is 0 Å². The van der Waals surface area contributed by atoms with Crippen LogP contribution in [0.4, 0.5) is 0 Å². The van der Waals surface area contributed by atoms with E-state index >= 15 is 0 Å². The third-order valence-electron chi connectivity index (χ3n) is 3.53. The number of benzene rings is 1. The second-order valence-corrected chi connectivity index (χ2v) is 6.03. The maximum atomic E-state index is 5.75. The van der Waals surface area contributed by atoms with Crippen LogP contribution in [0.3, 0.4) is 0 Å². The molecule has 4 nitrogen and oxygen atoms in total. The number of fused-ring (bicyclic) bond motifs is 1. The number of ether oxygens (including phenoxy) is 2. The largest absolute Gasteiger partial charge is 0.493 e. The first-order valence-electron chi connectivity index (χ1n) is 7.11. The van der Waals surface area contributed by atoms with E-state index in [1.165, 1.54) is 11.1 Å². The van der Waals surface area contributed by atoms with Gasteiger partial charge >= 0.3 is 0 Å². The Bertz CT molecular complexity index is 440. The quantitative estimate of drug-likeness (QED) is 0.760. The third kappa shape index (κ3) is 4.19. The lowest BCUT2D eigenvalue weighted by molar-refractivity contribution is 0.161. The highest BCUT2D eigenvalue weighted by atomic mass is 79.9. The van der Waals surface area contributed by atoms with Crippen LogP contribution < -0.4 is 15.8 Å². The van der Waals surface area contributed by atoms with Crippen molar-refractivity contribution < 1.29 is 9.47 Å². The summed E-state index contributed by atoms with van der Waals surface area (Å²) < 4.78 is 12.1. The highest BCUT2D eigenvalue weighted by Crippen LogP contribution is 2.32. The van der Waals surface area contributed by atoms with E-state index in [0.29, 0.717) is 12.6 Å². The first-order valence-corrected chi connectivity index (χ1v) is 7.90. The van der Waals surface area contributed by atoms with Crippen LogP contribution in [-0.4, -0.2) is 32.9 Å². The summed E-state index contributed by atoms with van der Waals surface area (Å²) in [7, 11) is 1.73. The van der Waals surface area contributed by atoms with Gasteiger partial charge in [-0.1, -0.05) is 15.9 Å². The Morgan fingerprint density at radius 3 is 3.10 bits per heavy atom. The summed E-state index contributed by atoms with van der Waals surface area (Å²) in [5.74, 6) is 1.05. The summed E-state index contributed by atoms with van der Waals surface area (Å²) in [6.07, 6.45) is 3.03. The highest BCUT2D eigenvalue weighted by Gasteiger charge is 2.18. The van der Waals surface area contributed by atoms with E-state index in [4.69, 9.17) is 15.2 Å². The molecule has 1 aromatic rings. The molecule has 112 valence electrons. The van der Waals surface area contributed by atoms with E-state index < -0.39 is 0 Å². The minimum absolute atomic E-state index is 0.333. The molecule has 1 atom stereocenters. The molecule has 0 spiro atoms. The monoisotopic (exact) mass is 342 g/mol. The zero-order valence-corrected chi connectivity index (χ0v) is 13.5. The van der Waals surface area contributed by atoms with Crippen molar-refractivity contribution in [3.8, 4) is 5.75 Å². The zero-order valence-electron chi connectivity index (χ0n) is 12.0. The van der Waals surface area contributed by atoms with Crippen LogP contribution in [0, 0.1) is 0 Å². The summed E-state index contributed by atoms with van der Waals surface area (Å²) in [6.45, 7) is 3.00. The SMILES string of the molecule is COCC(CCCN)NCc1cc(Br)cc2c1OCC2. The second-order valence-electron chi connectivity index (χ2n) is 5.12. The summed E-state index contributed by atoms with van der Waals surface area (Å²) in [5, 5.41) is 3.55. The lowest BCUT2D eigenvalue weighted by atomic mass is 10.1. The maximum absolute atomic E-state index is 5.75. The summed E-state index contributed by atoms with van der Waals surface area (Å²) in [5.41, 5.74) is 8.08. The van der Waals surface area contributed by atoms with Gasteiger partial charge in [-0.3, -0.25) is 0 Å². The van der Waals surface area contributed by atoms with Gasteiger partial charge < -0.3 is 20.5 Å². The Balaban J connectivity index is 1.98. The van der Waals surface area contributed by atoms with Crippen molar-refractivity contribution in [2.45, 2.75) is 31.8 Å². The van der Waals surface area contributed by atoms with Crippen LogP contribution in [0.1, 0.15) is 24.0 Å². The number of rotatable bonds is 8. The van der Waals surface area contributed by atoms with Gasteiger partial charge in [0, 0.05) is 36.2 Å². The molecule has 0 radical (unpaired) electrons. The van der Waals surface area contributed by atoms with Gasteiger partial charge in [0.1, 0.15) is 5.75 Å². The van der Waals surface area contributed by atoms with Crippen LogP contribution in [0.2, 0.25) is 0 Å². The third-order valence-corrected chi connectivity index (χ3v) is 3.99. The number of hydrogen-bond acceptors (Lipinski definition) is 4. The van der Waals surface area contributed by atoms with Crippen molar-refractivity contribution in [2.24, 2.45) is 5.73 Å². The predicted octanol–water partition coefficient (Wildman–Crippen LogP) is 2.23. The molecule has 0 amide bonds. The van der Waals surface area contributed by atoms with E-state index in [-0.39, 0.29) is 0 Å². The lowest BCUT2D eigenvalue weighted by Crippen LogP contribution is -2.33. The normalized spacial score (nSPS) is 14.9. The minimum Gasteiger partial charge on any atom is -0.493 e. The predicted molar refractivity (Wildman–Crippen MR) is 84.1 cm³/mol. The Hall–Kier alpha value is -0.620. The van der Waals surface area contributed by atoms with Crippen molar-refractivity contribution >= 4 is 15.9 Å². The highest BCUT2D eigenvalue weighted by molar-refractivity contribution is 9.10. The summed E-state index contributed by atoms with van der Waals surface area (Å²) in [6, 6.07) is 4.61. The van der Waals surface area contributed by atoms with Gasteiger partial charge in [-0.15, -0.1) is 0 Å². The number of hydrogen-bond donors (Lipinski definition) is 2. The van der Waals surface area contributed by atoms with Crippen molar-refractivity contribution in [3.63, 3.8) is 0 Å². The molecule has 1 unspecified atom stereocenters. The van der Waals surface area contributed by atoms with Gasteiger partial charge in [0.05, 0.1) is 13.2 Å². The first-order chi connectivity index (χ1) is 9.74. The van der Waals surface area contributed by atoms with Gasteiger partial charge in [-0.2, -0.15) is 0 Å². The van der Waals surface area contributed by atoms with E-state index in [2.05, 4.69) is 33.4 Å². The Morgan fingerprint density at radius 1 is 1.50 bits per heavy atom.